The van der Waals surface area contributed by atoms with Crippen molar-refractivity contribution < 1.29 is 18.7 Å². The van der Waals surface area contributed by atoms with Gasteiger partial charge in [-0.1, -0.05) is 44.2 Å². The van der Waals surface area contributed by atoms with Crippen LogP contribution < -0.4 is 5.32 Å². The van der Waals surface area contributed by atoms with Gasteiger partial charge in [-0.25, -0.2) is 4.79 Å². The SMILES string of the molecule is COC(=O)C(NC(=O)c1cc2occc2n1Cc1ccccc1)C(C)C. The second-order valence-corrected chi connectivity index (χ2v) is 6.49. The molecule has 0 aliphatic heterocycles. The number of hydrogen-bond acceptors (Lipinski definition) is 4. The lowest BCUT2D eigenvalue weighted by Crippen LogP contribution is -2.45. The standard InChI is InChI=1S/C20H22N2O4/c1-13(2)18(20(24)25-3)21-19(23)16-11-17-15(9-10-26-17)22(16)12-14-7-5-4-6-8-14/h4-11,13,18H,12H2,1-3H3,(H,21,23). The van der Waals surface area contributed by atoms with Crippen molar-refractivity contribution in [3.63, 3.8) is 0 Å². The Morgan fingerprint density at radius 1 is 1.19 bits per heavy atom. The summed E-state index contributed by atoms with van der Waals surface area (Å²) in [6.45, 7) is 4.24. The Balaban J connectivity index is 1.94. The average molecular weight is 354 g/mol. The van der Waals surface area contributed by atoms with Crippen LogP contribution in [0.3, 0.4) is 0 Å². The fraction of sp³-hybridized carbons (Fsp3) is 0.300. The topological polar surface area (TPSA) is 73.5 Å². The van der Waals surface area contributed by atoms with Crippen molar-refractivity contribution in [2.75, 3.05) is 7.11 Å². The van der Waals surface area contributed by atoms with Crippen molar-refractivity contribution in [2.24, 2.45) is 5.92 Å². The molecule has 0 spiro atoms. The monoisotopic (exact) mass is 354 g/mol. The molecule has 2 aromatic heterocycles. The molecular weight excluding hydrogens is 332 g/mol. The summed E-state index contributed by atoms with van der Waals surface area (Å²) in [6, 6.07) is 12.7. The van der Waals surface area contributed by atoms with Crippen LogP contribution in [-0.4, -0.2) is 29.6 Å². The number of aromatic nitrogens is 1. The van der Waals surface area contributed by atoms with E-state index in [2.05, 4.69) is 5.32 Å². The van der Waals surface area contributed by atoms with Gasteiger partial charge in [-0.05, 0) is 11.5 Å². The molecule has 0 saturated heterocycles. The van der Waals surface area contributed by atoms with Gasteiger partial charge in [0.2, 0.25) is 0 Å². The van der Waals surface area contributed by atoms with Crippen molar-refractivity contribution in [1.29, 1.82) is 0 Å². The molecule has 2 heterocycles. The van der Waals surface area contributed by atoms with E-state index in [1.165, 1.54) is 7.11 Å². The number of amides is 1. The van der Waals surface area contributed by atoms with E-state index in [0.717, 1.165) is 11.1 Å². The van der Waals surface area contributed by atoms with Gasteiger partial charge in [-0.3, -0.25) is 4.79 Å². The first kappa shape index (κ1) is 17.8. The van der Waals surface area contributed by atoms with Gasteiger partial charge in [-0.15, -0.1) is 0 Å². The van der Waals surface area contributed by atoms with Crippen LogP contribution in [0.15, 0.2) is 53.1 Å². The molecule has 136 valence electrons. The largest absolute Gasteiger partial charge is 0.467 e. The van der Waals surface area contributed by atoms with E-state index in [1.54, 1.807) is 12.3 Å². The van der Waals surface area contributed by atoms with Crippen LogP contribution in [0.2, 0.25) is 0 Å². The molecule has 1 N–H and O–H groups in total. The molecule has 0 aliphatic carbocycles. The number of rotatable bonds is 6. The summed E-state index contributed by atoms with van der Waals surface area (Å²) >= 11 is 0. The lowest BCUT2D eigenvalue weighted by atomic mass is 10.0. The zero-order valence-electron chi connectivity index (χ0n) is 15.1. The van der Waals surface area contributed by atoms with Crippen molar-refractivity contribution in [3.05, 3.63) is 60.0 Å². The fourth-order valence-corrected chi connectivity index (χ4v) is 2.94. The minimum atomic E-state index is -0.709. The second-order valence-electron chi connectivity index (χ2n) is 6.49. The van der Waals surface area contributed by atoms with Crippen LogP contribution in [0.4, 0.5) is 0 Å². The second kappa shape index (κ2) is 7.47. The summed E-state index contributed by atoms with van der Waals surface area (Å²) < 4.78 is 12.1. The summed E-state index contributed by atoms with van der Waals surface area (Å²) in [5.41, 5.74) is 2.97. The number of carbonyl (C=O) groups is 2. The van der Waals surface area contributed by atoms with E-state index in [9.17, 15) is 9.59 Å². The van der Waals surface area contributed by atoms with Crippen molar-refractivity contribution in [2.45, 2.75) is 26.4 Å². The number of nitrogens with zero attached hydrogens (tertiary/aromatic N) is 1. The minimum absolute atomic E-state index is 0.0908. The van der Waals surface area contributed by atoms with Gasteiger partial charge < -0.3 is 19.0 Å². The normalized spacial score (nSPS) is 12.3. The van der Waals surface area contributed by atoms with Crippen LogP contribution in [0.1, 0.15) is 29.9 Å². The highest BCUT2D eigenvalue weighted by molar-refractivity contribution is 5.99. The van der Waals surface area contributed by atoms with Crippen LogP contribution >= 0.6 is 0 Å². The molecular formula is C20H22N2O4. The average Bonchev–Trinajstić information content (AvgIpc) is 3.22. The number of benzene rings is 1. The lowest BCUT2D eigenvalue weighted by Gasteiger charge is -2.20. The van der Waals surface area contributed by atoms with E-state index in [4.69, 9.17) is 9.15 Å². The van der Waals surface area contributed by atoms with Gasteiger partial charge >= 0.3 is 5.97 Å². The Hall–Kier alpha value is -3.02. The number of methoxy groups -OCH3 is 1. The van der Waals surface area contributed by atoms with E-state index in [1.807, 2.05) is 54.8 Å². The molecule has 0 radical (unpaired) electrons. The molecule has 3 aromatic rings. The van der Waals surface area contributed by atoms with E-state index in [-0.39, 0.29) is 11.8 Å². The molecule has 1 atom stereocenters. The first-order valence-corrected chi connectivity index (χ1v) is 8.50. The van der Waals surface area contributed by atoms with Gasteiger partial charge in [0.1, 0.15) is 11.7 Å². The third-order valence-corrected chi connectivity index (χ3v) is 4.35. The highest BCUT2D eigenvalue weighted by Crippen LogP contribution is 2.23. The number of carbonyl (C=O) groups excluding carboxylic acids is 2. The van der Waals surface area contributed by atoms with Crippen molar-refractivity contribution in [1.82, 2.24) is 9.88 Å². The smallest absolute Gasteiger partial charge is 0.328 e. The predicted molar refractivity (Wildman–Crippen MR) is 97.9 cm³/mol. The molecule has 1 aromatic carbocycles. The number of ether oxygens (including phenoxy) is 1. The molecule has 3 rings (SSSR count). The van der Waals surface area contributed by atoms with Gasteiger partial charge in [0.05, 0.1) is 18.9 Å². The summed E-state index contributed by atoms with van der Waals surface area (Å²) in [5.74, 6) is -0.887. The minimum Gasteiger partial charge on any atom is -0.467 e. The first-order chi connectivity index (χ1) is 12.5. The number of furan rings is 1. The Labute approximate surface area is 151 Å². The lowest BCUT2D eigenvalue weighted by molar-refractivity contribution is -0.144. The molecule has 0 bridgehead atoms. The third kappa shape index (κ3) is 3.49. The van der Waals surface area contributed by atoms with Gasteiger partial charge in [0.15, 0.2) is 5.58 Å². The van der Waals surface area contributed by atoms with E-state index < -0.39 is 12.0 Å². The molecule has 6 nitrogen and oxygen atoms in total. The number of fused-ring (bicyclic) bond motifs is 1. The molecule has 0 fully saturated rings. The number of esters is 1. The maximum Gasteiger partial charge on any atom is 0.328 e. The van der Waals surface area contributed by atoms with Gasteiger partial charge in [0, 0.05) is 18.7 Å². The number of nitrogens with one attached hydrogen (secondary N) is 1. The molecule has 1 unspecified atom stereocenters. The van der Waals surface area contributed by atoms with Crippen LogP contribution in [0.25, 0.3) is 11.1 Å². The van der Waals surface area contributed by atoms with Gasteiger partial charge in [0.25, 0.3) is 5.91 Å². The van der Waals surface area contributed by atoms with Crippen LogP contribution in [0.5, 0.6) is 0 Å². The third-order valence-electron chi connectivity index (χ3n) is 4.35. The maximum absolute atomic E-state index is 12.9. The first-order valence-electron chi connectivity index (χ1n) is 8.50. The van der Waals surface area contributed by atoms with Crippen LogP contribution in [0, 0.1) is 5.92 Å². The quantitative estimate of drug-likeness (QED) is 0.690. The zero-order valence-corrected chi connectivity index (χ0v) is 15.1. The van der Waals surface area contributed by atoms with Crippen LogP contribution in [-0.2, 0) is 16.1 Å². The Morgan fingerprint density at radius 2 is 1.92 bits per heavy atom. The number of hydrogen-bond donors (Lipinski definition) is 1. The van der Waals surface area contributed by atoms with Crippen molar-refractivity contribution in [3.8, 4) is 0 Å². The zero-order chi connectivity index (χ0) is 18.7. The van der Waals surface area contributed by atoms with E-state index >= 15 is 0 Å². The molecule has 0 saturated carbocycles. The fourth-order valence-electron chi connectivity index (χ4n) is 2.94. The molecule has 6 heteroatoms. The Kier molecular flexibility index (Phi) is 5.11. The summed E-state index contributed by atoms with van der Waals surface area (Å²) in [6.07, 6.45) is 1.60. The Bertz CT molecular complexity index is 908. The maximum atomic E-state index is 12.9. The Morgan fingerprint density at radius 3 is 2.58 bits per heavy atom. The highest BCUT2D eigenvalue weighted by Gasteiger charge is 2.27. The predicted octanol–water partition coefficient (Wildman–Crippen LogP) is 3.21. The molecule has 1 amide bonds. The summed E-state index contributed by atoms with van der Waals surface area (Å²) in [4.78, 5) is 24.8. The van der Waals surface area contributed by atoms with E-state index in [0.29, 0.717) is 17.8 Å². The van der Waals surface area contributed by atoms with Crippen molar-refractivity contribution >= 4 is 23.0 Å². The van der Waals surface area contributed by atoms with Gasteiger partial charge in [-0.2, -0.15) is 0 Å². The summed E-state index contributed by atoms with van der Waals surface area (Å²) in [7, 11) is 1.31. The summed E-state index contributed by atoms with van der Waals surface area (Å²) in [5, 5.41) is 2.78. The molecule has 26 heavy (non-hydrogen) atoms. The molecule has 0 aliphatic rings. The highest BCUT2D eigenvalue weighted by atomic mass is 16.5.